The number of benzene rings is 1. The fourth-order valence-electron chi connectivity index (χ4n) is 2.03. The highest BCUT2D eigenvalue weighted by atomic mass is 16.5. The van der Waals surface area contributed by atoms with Crippen LogP contribution in [-0.4, -0.2) is 31.1 Å². The van der Waals surface area contributed by atoms with Gasteiger partial charge in [0.25, 0.3) is 0 Å². The first kappa shape index (κ1) is 11.7. The number of piperidine rings is 1. The van der Waals surface area contributed by atoms with E-state index in [-0.39, 0.29) is 6.10 Å². The first-order valence-corrected chi connectivity index (χ1v) is 5.84. The molecule has 4 nitrogen and oxygen atoms in total. The monoisotopic (exact) mass is 231 g/mol. The summed E-state index contributed by atoms with van der Waals surface area (Å²) < 4.78 is 5.87. The van der Waals surface area contributed by atoms with Crippen LogP contribution in [0.25, 0.3) is 0 Å². The summed E-state index contributed by atoms with van der Waals surface area (Å²) in [4.78, 5) is 2.29. The Labute approximate surface area is 102 Å². The van der Waals surface area contributed by atoms with Crippen molar-refractivity contribution in [2.45, 2.75) is 18.9 Å². The van der Waals surface area contributed by atoms with Crippen LogP contribution in [0.5, 0.6) is 5.75 Å². The molecule has 1 fully saturated rings. The number of nitrogen functional groups attached to an aromatic ring is 1. The van der Waals surface area contributed by atoms with Crippen LogP contribution >= 0.6 is 0 Å². The molecule has 1 aromatic rings. The highest BCUT2D eigenvalue weighted by molar-refractivity contribution is 5.63. The van der Waals surface area contributed by atoms with Crippen molar-refractivity contribution in [2.75, 3.05) is 25.9 Å². The van der Waals surface area contributed by atoms with Gasteiger partial charge in [0.1, 0.15) is 17.9 Å². The van der Waals surface area contributed by atoms with Crippen LogP contribution in [0.4, 0.5) is 5.69 Å². The molecular weight excluding hydrogens is 214 g/mol. The number of hydrogen-bond acceptors (Lipinski definition) is 4. The maximum atomic E-state index is 8.89. The first-order chi connectivity index (χ1) is 8.20. The normalized spacial score (nSPS) is 17.6. The molecule has 0 spiro atoms. The van der Waals surface area contributed by atoms with E-state index >= 15 is 0 Å². The minimum atomic E-state index is 0.211. The molecule has 0 aromatic heterocycles. The molecule has 0 atom stereocenters. The molecule has 0 saturated carbocycles. The zero-order valence-electron chi connectivity index (χ0n) is 10.0. The van der Waals surface area contributed by atoms with Crippen LogP contribution in [0.3, 0.4) is 0 Å². The first-order valence-electron chi connectivity index (χ1n) is 5.84. The van der Waals surface area contributed by atoms with Crippen molar-refractivity contribution in [2.24, 2.45) is 0 Å². The number of para-hydroxylation sites is 1. The molecule has 0 amide bonds. The number of nitrogens with zero attached hydrogens (tertiary/aromatic N) is 2. The summed E-state index contributed by atoms with van der Waals surface area (Å²) in [6.07, 6.45) is 2.22. The largest absolute Gasteiger partial charge is 0.488 e. The summed E-state index contributed by atoms with van der Waals surface area (Å²) in [7, 11) is 2.11. The smallest absolute Gasteiger partial charge is 0.143 e. The third-order valence-corrected chi connectivity index (χ3v) is 3.15. The maximum Gasteiger partial charge on any atom is 0.143 e. The Morgan fingerprint density at radius 2 is 2.12 bits per heavy atom. The number of nitriles is 1. The van der Waals surface area contributed by atoms with Crippen LogP contribution in [-0.2, 0) is 0 Å². The number of hydrogen-bond donors (Lipinski definition) is 1. The van der Waals surface area contributed by atoms with Crippen LogP contribution in [0.15, 0.2) is 18.2 Å². The molecule has 1 aliphatic rings. The number of likely N-dealkylation sites (tertiary alicyclic amines) is 1. The van der Waals surface area contributed by atoms with Crippen LogP contribution in [0.1, 0.15) is 18.4 Å². The molecule has 0 bridgehead atoms. The number of nitrogens with two attached hydrogens (primary N) is 1. The number of rotatable bonds is 2. The molecule has 90 valence electrons. The van der Waals surface area contributed by atoms with Gasteiger partial charge >= 0.3 is 0 Å². The lowest BCUT2D eigenvalue weighted by atomic mass is 10.1. The molecule has 1 aliphatic heterocycles. The van der Waals surface area contributed by atoms with Crippen molar-refractivity contribution in [1.29, 1.82) is 5.26 Å². The van der Waals surface area contributed by atoms with Gasteiger partial charge in [-0.15, -0.1) is 0 Å². The summed E-state index contributed by atoms with van der Waals surface area (Å²) in [5.74, 6) is 0.638. The molecule has 17 heavy (non-hydrogen) atoms. The zero-order valence-corrected chi connectivity index (χ0v) is 10.0. The number of anilines is 1. The Bertz CT molecular complexity index is 431. The van der Waals surface area contributed by atoms with E-state index < -0.39 is 0 Å². The summed E-state index contributed by atoms with van der Waals surface area (Å²) in [5, 5.41) is 8.89. The lowest BCUT2D eigenvalue weighted by Crippen LogP contribution is -2.35. The summed E-state index contributed by atoms with van der Waals surface area (Å²) in [5.41, 5.74) is 6.81. The van der Waals surface area contributed by atoms with Gasteiger partial charge in [-0.2, -0.15) is 5.26 Å². The van der Waals surface area contributed by atoms with Crippen molar-refractivity contribution in [3.05, 3.63) is 23.8 Å². The van der Waals surface area contributed by atoms with Gasteiger partial charge in [-0.25, -0.2) is 0 Å². The highest BCUT2D eigenvalue weighted by Crippen LogP contribution is 2.27. The van der Waals surface area contributed by atoms with Gasteiger partial charge in [0.05, 0.1) is 11.3 Å². The minimum Gasteiger partial charge on any atom is -0.488 e. The topological polar surface area (TPSA) is 62.3 Å². The van der Waals surface area contributed by atoms with E-state index in [0.717, 1.165) is 25.9 Å². The van der Waals surface area contributed by atoms with Crippen LogP contribution < -0.4 is 10.5 Å². The minimum absolute atomic E-state index is 0.211. The Morgan fingerprint density at radius 3 is 2.76 bits per heavy atom. The molecule has 1 heterocycles. The van der Waals surface area contributed by atoms with Crippen molar-refractivity contribution in [1.82, 2.24) is 4.90 Å². The Morgan fingerprint density at radius 1 is 1.41 bits per heavy atom. The van der Waals surface area contributed by atoms with Gasteiger partial charge in [-0.05, 0) is 32.0 Å². The predicted octanol–water partition coefficient (Wildman–Crippen LogP) is 1.61. The van der Waals surface area contributed by atoms with Crippen LogP contribution in [0.2, 0.25) is 0 Å². The molecule has 1 aromatic carbocycles. The predicted molar refractivity (Wildman–Crippen MR) is 66.7 cm³/mol. The van der Waals surface area contributed by atoms with E-state index in [4.69, 9.17) is 15.7 Å². The fourth-order valence-corrected chi connectivity index (χ4v) is 2.03. The number of ether oxygens (including phenoxy) is 1. The third-order valence-electron chi connectivity index (χ3n) is 3.15. The zero-order chi connectivity index (χ0) is 12.3. The van der Waals surface area contributed by atoms with Gasteiger partial charge < -0.3 is 15.4 Å². The highest BCUT2D eigenvalue weighted by Gasteiger charge is 2.19. The van der Waals surface area contributed by atoms with Gasteiger partial charge in [0.2, 0.25) is 0 Å². The fraction of sp³-hybridized carbons (Fsp3) is 0.462. The molecule has 1 saturated heterocycles. The Hall–Kier alpha value is -1.73. The van der Waals surface area contributed by atoms with E-state index in [9.17, 15) is 0 Å². The second-order valence-corrected chi connectivity index (χ2v) is 4.45. The van der Waals surface area contributed by atoms with Gasteiger partial charge in [-0.1, -0.05) is 6.07 Å². The molecule has 0 radical (unpaired) electrons. The maximum absolute atomic E-state index is 8.89. The molecular formula is C13H17N3O. The lowest BCUT2D eigenvalue weighted by Gasteiger charge is -2.29. The second kappa shape index (κ2) is 5.07. The average molecular weight is 231 g/mol. The molecule has 4 heteroatoms. The van der Waals surface area contributed by atoms with Crippen molar-refractivity contribution >= 4 is 5.69 Å². The van der Waals surface area contributed by atoms with E-state index in [1.54, 1.807) is 12.1 Å². The SMILES string of the molecule is CN1CCC(Oc2cccc(C#N)c2N)CC1. The quantitative estimate of drug-likeness (QED) is 0.785. The lowest BCUT2D eigenvalue weighted by molar-refractivity contribution is 0.115. The average Bonchev–Trinajstić information content (AvgIpc) is 2.35. The molecule has 0 unspecified atom stereocenters. The Balaban J connectivity index is 2.06. The van der Waals surface area contributed by atoms with E-state index in [0.29, 0.717) is 17.0 Å². The second-order valence-electron chi connectivity index (χ2n) is 4.45. The summed E-state index contributed by atoms with van der Waals surface area (Å²) >= 11 is 0. The summed E-state index contributed by atoms with van der Waals surface area (Å²) in [6, 6.07) is 7.40. The molecule has 0 aliphatic carbocycles. The van der Waals surface area contributed by atoms with E-state index in [1.807, 2.05) is 6.07 Å². The van der Waals surface area contributed by atoms with E-state index in [2.05, 4.69) is 18.0 Å². The summed E-state index contributed by atoms with van der Waals surface area (Å²) in [6.45, 7) is 2.09. The van der Waals surface area contributed by atoms with Crippen molar-refractivity contribution in [3.8, 4) is 11.8 Å². The van der Waals surface area contributed by atoms with Crippen molar-refractivity contribution in [3.63, 3.8) is 0 Å². The molecule has 2 rings (SSSR count). The van der Waals surface area contributed by atoms with Gasteiger partial charge in [0.15, 0.2) is 0 Å². The Kier molecular flexibility index (Phi) is 3.50. The standard InChI is InChI=1S/C13H17N3O/c1-16-7-5-11(6-8-16)17-12-4-2-3-10(9-14)13(12)15/h2-4,11H,5-8,15H2,1H3. The van der Waals surface area contributed by atoms with Gasteiger partial charge in [0, 0.05) is 13.1 Å². The van der Waals surface area contributed by atoms with E-state index in [1.165, 1.54) is 0 Å². The van der Waals surface area contributed by atoms with Gasteiger partial charge in [-0.3, -0.25) is 0 Å². The molecule has 2 N–H and O–H groups in total. The van der Waals surface area contributed by atoms with Crippen molar-refractivity contribution < 1.29 is 4.74 Å². The van der Waals surface area contributed by atoms with Crippen LogP contribution in [0, 0.1) is 11.3 Å². The third kappa shape index (κ3) is 2.69.